The number of carbonyl (C=O) groups excluding carboxylic acids is 2. The Hall–Kier alpha value is -1.40. The van der Waals surface area contributed by atoms with Crippen molar-refractivity contribution in [2.24, 2.45) is 5.16 Å². The molecule has 0 aromatic carbocycles. The van der Waals surface area contributed by atoms with Crippen LogP contribution >= 0.6 is 0 Å². The number of hydrogen-bond donors (Lipinski definition) is 0. The van der Waals surface area contributed by atoms with Crippen LogP contribution in [0.4, 0.5) is 5.88 Å². The van der Waals surface area contributed by atoms with E-state index in [1.165, 1.54) is 25.5 Å². The van der Waals surface area contributed by atoms with Crippen molar-refractivity contribution in [1.82, 2.24) is 4.31 Å². The maximum absolute atomic E-state index is 12.0. The topological polar surface area (TPSA) is 133 Å². The van der Waals surface area contributed by atoms with E-state index in [1.54, 1.807) is 0 Å². The minimum absolute atomic E-state index is 0. The summed E-state index contributed by atoms with van der Waals surface area (Å²) in [6.07, 6.45) is 2.07. The summed E-state index contributed by atoms with van der Waals surface area (Å²) >= 11 is 0. The molecule has 10 nitrogen and oxygen atoms in total. The molecule has 1 atom stereocenters. The minimum atomic E-state index is -4.89. The molecule has 0 spiro atoms. The van der Waals surface area contributed by atoms with Crippen LogP contribution in [0.5, 0.6) is 0 Å². The Morgan fingerprint density at radius 1 is 1.64 bits per heavy atom. The van der Waals surface area contributed by atoms with E-state index in [4.69, 9.17) is 4.42 Å². The van der Waals surface area contributed by atoms with E-state index in [-0.39, 0.29) is 39.7 Å². The van der Waals surface area contributed by atoms with Gasteiger partial charge in [-0.05, 0) is 6.07 Å². The molecule has 1 aliphatic heterocycles. The molecule has 1 saturated heterocycles. The molecule has 0 bridgehead atoms. The van der Waals surface area contributed by atoms with Crippen molar-refractivity contribution >= 4 is 34.2 Å². The van der Waals surface area contributed by atoms with E-state index >= 15 is 0 Å². The Balaban J connectivity index is 0.00000242. The molecule has 2 heterocycles. The first-order chi connectivity index (χ1) is 9.86. The Bertz CT molecular complexity index is 673. The second kappa shape index (κ2) is 7.24. The molecule has 0 aliphatic carbocycles. The third-order valence-electron chi connectivity index (χ3n) is 2.70. The van der Waals surface area contributed by atoms with Crippen LogP contribution in [0.2, 0.25) is 0 Å². The standard InChI is InChI=1S/C10H11N3O7S.Na/c1-19-11-5-8(14)13(9-3-2-4-20-9)7-6-12(10(7)15)21(16,17)18;/h2-5,7H,6H2,1H3,(H,16,17,18);/q;+1/p-1. The summed E-state index contributed by atoms with van der Waals surface area (Å²) in [6.45, 7) is -0.446. The largest absolute Gasteiger partial charge is 1.00 e. The van der Waals surface area contributed by atoms with Gasteiger partial charge in [-0.3, -0.25) is 14.5 Å². The zero-order valence-electron chi connectivity index (χ0n) is 11.7. The normalized spacial score (nSPS) is 17.8. The van der Waals surface area contributed by atoms with Crippen LogP contribution in [0.25, 0.3) is 0 Å². The zero-order valence-corrected chi connectivity index (χ0v) is 14.5. The van der Waals surface area contributed by atoms with Gasteiger partial charge in [0.25, 0.3) is 11.8 Å². The molecule has 1 aromatic heterocycles. The SMILES string of the molecule is CON=CC(=O)N(c1ccco1)C1CN(S(=O)(=O)[O-])C1=O.[Na+]. The molecule has 1 aliphatic rings. The maximum Gasteiger partial charge on any atom is 1.00 e. The summed E-state index contributed by atoms with van der Waals surface area (Å²) in [5.74, 6) is -1.75. The third-order valence-corrected chi connectivity index (χ3v) is 3.57. The summed E-state index contributed by atoms with van der Waals surface area (Å²) in [5.41, 5.74) is 0. The average Bonchev–Trinajstić information content (AvgIpc) is 2.91. The van der Waals surface area contributed by atoms with Crippen molar-refractivity contribution in [1.29, 1.82) is 0 Å². The van der Waals surface area contributed by atoms with Gasteiger partial charge in [-0.25, -0.2) is 12.7 Å². The van der Waals surface area contributed by atoms with Crippen molar-refractivity contribution in [3.63, 3.8) is 0 Å². The molecular weight excluding hydrogens is 329 g/mol. The summed E-state index contributed by atoms with van der Waals surface area (Å²) in [5, 5.41) is 3.27. The second-order valence-corrected chi connectivity index (χ2v) is 5.22. The van der Waals surface area contributed by atoms with Gasteiger partial charge in [-0.1, -0.05) is 5.16 Å². The maximum atomic E-state index is 12.0. The average molecular weight is 339 g/mol. The number of furan rings is 1. The molecule has 2 amide bonds. The van der Waals surface area contributed by atoms with Gasteiger partial charge in [0.2, 0.25) is 5.88 Å². The molecule has 0 N–H and O–H groups in total. The van der Waals surface area contributed by atoms with Crippen LogP contribution < -0.4 is 34.5 Å². The number of β-lactam (4-membered cyclic amide) rings is 1. The number of carbonyl (C=O) groups is 2. The Morgan fingerprint density at radius 2 is 2.32 bits per heavy atom. The van der Waals surface area contributed by atoms with Gasteiger partial charge < -0.3 is 13.8 Å². The first kappa shape index (κ1) is 18.6. The van der Waals surface area contributed by atoms with Crippen molar-refractivity contribution in [2.75, 3.05) is 18.6 Å². The number of rotatable bonds is 5. The van der Waals surface area contributed by atoms with Gasteiger partial charge in [0.1, 0.15) is 19.4 Å². The summed E-state index contributed by atoms with van der Waals surface area (Å²) in [7, 11) is -3.66. The van der Waals surface area contributed by atoms with E-state index < -0.39 is 34.7 Å². The van der Waals surface area contributed by atoms with E-state index in [0.29, 0.717) is 0 Å². The molecule has 1 unspecified atom stereocenters. The molecule has 22 heavy (non-hydrogen) atoms. The van der Waals surface area contributed by atoms with Gasteiger partial charge in [0, 0.05) is 6.07 Å². The third kappa shape index (κ3) is 3.67. The number of hydrogen-bond acceptors (Lipinski definition) is 8. The molecule has 1 fully saturated rings. The zero-order chi connectivity index (χ0) is 15.6. The predicted molar refractivity (Wildman–Crippen MR) is 66.9 cm³/mol. The summed E-state index contributed by atoms with van der Waals surface area (Å²) in [4.78, 5) is 29.0. The van der Waals surface area contributed by atoms with Crippen LogP contribution in [-0.2, 0) is 24.7 Å². The number of anilines is 1. The Kier molecular flexibility index (Phi) is 6.14. The van der Waals surface area contributed by atoms with Crippen molar-refractivity contribution in [3.05, 3.63) is 18.4 Å². The molecule has 1 aromatic rings. The summed E-state index contributed by atoms with van der Waals surface area (Å²) in [6, 6.07) is 1.73. The minimum Gasteiger partial charge on any atom is -0.731 e. The fourth-order valence-electron chi connectivity index (χ4n) is 1.76. The smallest absolute Gasteiger partial charge is 0.731 e. The van der Waals surface area contributed by atoms with Gasteiger partial charge >= 0.3 is 29.6 Å². The first-order valence-corrected chi connectivity index (χ1v) is 6.93. The van der Waals surface area contributed by atoms with E-state index in [2.05, 4.69) is 9.99 Å². The monoisotopic (exact) mass is 339 g/mol. The van der Waals surface area contributed by atoms with Crippen molar-refractivity contribution < 1.29 is 61.4 Å². The van der Waals surface area contributed by atoms with E-state index in [1.807, 2.05) is 0 Å². The fourth-order valence-corrected chi connectivity index (χ4v) is 2.42. The molecule has 114 valence electrons. The molecule has 2 rings (SSSR count). The summed E-state index contributed by atoms with van der Waals surface area (Å²) < 4.78 is 37.6. The molecule has 0 saturated carbocycles. The van der Waals surface area contributed by atoms with Gasteiger partial charge in [-0.2, -0.15) is 0 Å². The van der Waals surface area contributed by atoms with Crippen molar-refractivity contribution in [2.45, 2.75) is 6.04 Å². The van der Waals surface area contributed by atoms with Crippen LogP contribution in [0.15, 0.2) is 28.0 Å². The quantitative estimate of drug-likeness (QED) is 0.175. The number of amides is 2. The Labute approximate surface area is 147 Å². The second-order valence-electron chi connectivity index (χ2n) is 3.92. The van der Waals surface area contributed by atoms with Gasteiger partial charge in [0.05, 0.1) is 12.8 Å². The van der Waals surface area contributed by atoms with Crippen LogP contribution in [-0.4, -0.2) is 55.0 Å². The van der Waals surface area contributed by atoms with Crippen LogP contribution in [0, 0.1) is 0 Å². The van der Waals surface area contributed by atoms with Crippen LogP contribution in [0.1, 0.15) is 0 Å². The van der Waals surface area contributed by atoms with Gasteiger partial charge in [0.15, 0.2) is 10.3 Å². The fraction of sp³-hybridized carbons (Fsp3) is 0.300. The number of nitrogens with zero attached hydrogens (tertiary/aromatic N) is 3. The van der Waals surface area contributed by atoms with Crippen molar-refractivity contribution in [3.8, 4) is 0 Å². The van der Waals surface area contributed by atoms with Gasteiger partial charge in [-0.15, -0.1) is 0 Å². The first-order valence-electron chi connectivity index (χ1n) is 5.57. The molecular formula is C10H10N3NaO7S. The van der Waals surface area contributed by atoms with E-state index in [0.717, 1.165) is 11.1 Å². The van der Waals surface area contributed by atoms with Crippen LogP contribution in [0.3, 0.4) is 0 Å². The molecule has 0 radical (unpaired) electrons. The molecule has 12 heteroatoms. The van der Waals surface area contributed by atoms with E-state index in [9.17, 15) is 22.6 Å². The number of oxime groups is 1. The predicted octanol–water partition coefficient (Wildman–Crippen LogP) is -4.08. The Morgan fingerprint density at radius 3 is 2.77 bits per heavy atom.